The first-order valence-electron chi connectivity index (χ1n) is 9.07. The monoisotopic (exact) mass is 443 g/mol. The molecular weight excluding hydrogens is 425 g/mol. The van der Waals surface area contributed by atoms with Crippen LogP contribution in [0.5, 0.6) is 0 Å². The van der Waals surface area contributed by atoms with Crippen LogP contribution in [0.4, 0.5) is 5.69 Å². The molecule has 154 valence electrons. The Hall–Kier alpha value is -3.09. The molecule has 2 aromatic carbocycles. The summed E-state index contributed by atoms with van der Waals surface area (Å²) in [6, 6.07) is 13.8. The van der Waals surface area contributed by atoms with Crippen molar-refractivity contribution in [2.75, 3.05) is 5.32 Å². The third-order valence-electron chi connectivity index (χ3n) is 4.39. The van der Waals surface area contributed by atoms with Crippen LogP contribution in [0.1, 0.15) is 34.2 Å². The van der Waals surface area contributed by atoms with E-state index >= 15 is 0 Å². The highest BCUT2D eigenvalue weighted by molar-refractivity contribution is 6.36. The summed E-state index contributed by atoms with van der Waals surface area (Å²) in [5.74, 6) is -0.0649. The zero-order valence-corrected chi connectivity index (χ0v) is 17.8. The van der Waals surface area contributed by atoms with E-state index in [0.717, 1.165) is 5.56 Å². The number of hydrogen-bond donors (Lipinski definition) is 2. The highest BCUT2D eigenvalue weighted by Crippen LogP contribution is 2.24. The number of benzene rings is 2. The Morgan fingerprint density at radius 1 is 1.07 bits per heavy atom. The molecule has 0 atom stereocenters. The Bertz CT molecular complexity index is 1100. The van der Waals surface area contributed by atoms with Crippen LogP contribution in [0, 0.1) is 6.92 Å². The number of nitrogens with one attached hydrogen (secondary N) is 2. The van der Waals surface area contributed by atoms with Gasteiger partial charge in [0.15, 0.2) is 0 Å². The first kappa shape index (κ1) is 21.6. The largest absolute Gasteiger partial charge is 0.469 e. The van der Waals surface area contributed by atoms with Gasteiger partial charge in [0.1, 0.15) is 5.76 Å². The molecule has 0 bridgehead atoms. The van der Waals surface area contributed by atoms with Gasteiger partial charge < -0.3 is 9.73 Å². The minimum atomic E-state index is -0.343. The highest BCUT2D eigenvalue weighted by atomic mass is 35.5. The van der Waals surface area contributed by atoms with E-state index in [4.69, 9.17) is 27.6 Å². The zero-order chi connectivity index (χ0) is 21.7. The van der Waals surface area contributed by atoms with Gasteiger partial charge in [-0.1, -0.05) is 41.4 Å². The molecule has 0 aliphatic rings. The number of furan rings is 1. The topological polar surface area (TPSA) is 83.7 Å². The van der Waals surface area contributed by atoms with Crippen LogP contribution in [-0.2, 0) is 11.2 Å². The average Bonchev–Trinajstić information content (AvgIpc) is 3.15. The standard InChI is InChI=1S/C22H19Cl2N3O3/c1-13(26-27-21(28)12-18-19(23)7-4-8-20(18)24)15-5-3-6-16(11-15)25-22(29)17-9-10-30-14(17)2/h3-11H,12H2,1-2H3,(H,25,29)(H,27,28). The lowest BCUT2D eigenvalue weighted by Gasteiger charge is -2.08. The summed E-state index contributed by atoms with van der Waals surface area (Å²) in [6.07, 6.45) is 1.48. The van der Waals surface area contributed by atoms with Gasteiger partial charge in [0, 0.05) is 15.7 Å². The fourth-order valence-electron chi connectivity index (χ4n) is 2.75. The van der Waals surface area contributed by atoms with Crippen LogP contribution in [0.25, 0.3) is 0 Å². The molecule has 0 aliphatic carbocycles. The van der Waals surface area contributed by atoms with Gasteiger partial charge in [0.25, 0.3) is 5.91 Å². The predicted octanol–water partition coefficient (Wildman–Crippen LogP) is 5.23. The van der Waals surface area contributed by atoms with Gasteiger partial charge in [-0.2, -0.15) is 5.10 Å². The van der Waals surface area contributed by atoms with Crippen molar-refractivity contribution in [3.63, 3.8) is 0 Å². The van der Waals surface area contributed by atoms with E-state index < -0.39 is 0 Å². The van der Waals surface area contributed by atoms with Gasteiger partial charge in [0.05, 0.1) is 24.0 Å². The van der Waals surface area contributed by atoms with Crippen LogP contribution in [0.2, 0.25) is 10.0 Å². The molecule has 1 heterocycles. The smallest absolute Gasteiger partial charge is 0.259 e. The van der Waals surface area contributed by atoms with E-state index in [1.54, 1.807) is 56.3 Å². The second-order valence-corrected chi connectivity index (χ2v) is 7.35. The van der Waals surface area contributed by atoms with Gasteiger partial charge in [-0.15, -0.1) is 0 Å². The first-order valence-corrected chi connectivity index (χ1v) is 9.82. The number of nitrogens with zero attached hydrogens (tertiary/aromatic N) is 1. The molecule has 0 aliphatic heterocycles. The Kier molecular flexibility index (Phi) is 6.92. The van der Waals surface area contributed by atoms with Gasteiger partial charge >= 0.3 is 0 Å². The van der Waals surface area contributed by atoms with Gasteiger partial charge in [-0.3, -0.25) is 9.59 Å². The summed E-state index contributed by atoms with van der Waals surface area (Å²) in [5, 5.41) is 7.81. The van der Waals surface area contributed by atoms with Crippen LogP contribution < -0.4 is 10.7 Å². The Morgan fingerprint density at radius 2 is 1.77 bits per heavy atom. The van der Waals surface area contributed by atoms with Gasteiger partial charge in [-0.25, -0.2) is 5.43 Å². The maximum Gasteiger partial charge on any atom is 0.259 e. The third kappa shape index (κ3) is 5.28. The quantitative estimate of drug-likeness (QED) is 0.404. The molecule has 6 nitrogen and oxygen atoms in total. The number of halogens is 2. The van der Waals surface area contributed by atoms with Crippen molar-refractivity contribution < 1.29 is 14.0 Å². The van der Waals surface area contributed by atoms with Crippen molar-refractivity contribution in [2.45, 2.75) is 20.3 Å². The maximum absolute atomic E-state index is 12.3. The van der Waals surface area contributed by atoms with Crippen molar-refractivity contribution in [3.8, 4) is 0 Å². The van der Waals surface area contributed by atoms with Crippen molar-refractivity contribution >= 4 is 46.4 Å². The SMILES string of the molecule is CC(=NNC(=O)Cc1c(Cl)cccc1Cl)c1cccc(NC(=O)c2ccoc2C)c1. The Balaban J connectivity index is 1.66. The molecule has 3 aromatic rings. The molecule has 3 rings (SSSR count). The number of hydrazone groups is 1. The number of rotatable bonds is 6. The third-order valence-corrected chi connectivity index (χ3v) is 5.10. The molecule has 0 saturated heterocycles. The number of hydrogen-bond acceptors (Lipinski definition) is 4. The fourth-order valence-corrected chi connectivity index (χ4v) is 3.28. The molecule has 0 unspecified atom stereocenters. The van der Waals surface area contributed by atoms with Crippen molar-refractivity contribution in [3.05, 3.63) is 87.3 Å². The maximum atomic E-state index is 12.3. The minimum Gasteiger partial charge on any atom is -0.469 e. The predicted molar refractivity (Wildman–Crippen MR) is 118 cm³/mol. The second kappa shape index (κ2) is 9.61. The average molecular weight is 444 g/mol. The summed E-state index contributed by atoms with van der Waals surface area (Å²) >= 11 is 12.2. The summed E-state index contributed by atoms with van der Waals surface area (Å²) in [4.78, 5) is 24.6. The molecule has 0 saturated carbocycles. The molecule has 0 spiro atoms. The number of carbonyl (C=O) groups excluding carboxylic acids is 2. The van der Waals surface area contributed by atoms with E-state index in [-0.39, 0.29) is 18.2 Å². The fraction of sp³-hybridized carbons (Fsp3) is 0.136. The number of anilines is 1. The van der Waals surface area contributed by atoms with Crippen molar-refractivity contribution in [2.24, 2.45) is 5.10 Å². The van der Waals surface area contributed by atoms with Gasteiger partial charge in [0.2, 0.25) is 5.91 Å². The van der Waals surface area contributed by atoms with Crippen LogP contribution >= 0.6 is 23.2 Å². The minimum absolute atomic E-state index is 0.00936. The molecule has 30 heavy (non-hydrogen) atoms. The van der Waals surface area contributed by atoms with Crippen molar-refractivity contribution in [1.29, 1.82) is 0 Å². The lowest BCUT2D eigenvalue weighted by Crippen LogP contribution is -2.21. The molecule has 0 fully saturated rings. The number of carbonyl (C=O) groups is 2. The molecule has 2 N–H and O–H groups in total. The molecule has 2 amide bonds. The Morgan fingerprint density at radius 3 is 2.43 bits per heavy atom. The van der Waals surface area contributed by atoms with E-state index in [9.17, 15) is 9.59 Å². The summed E-state index contributed by atoms with van der Waals surface area (Å²) in [6.45, 7) is 3.48. The second-order valence-electron chi connectivity index (χ2n) is 6.53. The van der Waals surface area contributed by atoms with Crippen molar-refractivity contribution in [1.82, 2.24) is 5.43 Å². The molecule has 1 aromatic heterocycles. The Labute approximate surface area is 183 Å². The number of aryl methyl sites for hydroxylation is 1. The summed E-state index contributed by atoms with van der Waals surface area (Å²) in [5.41, 5.74) is 5.44. The normalized spacial score (nSPS) is 11.3. The highest BCUT2D eigenvalue weighted by Gasteiger charge is 2.13. The van der Waals surface area contributed by atoms with E-state index in [1.165, 1.54) is 6.26 Å². The first-order chi connectivity index (χ1) is 14.3. The molecular formula is C22H19Cl2N3O3. The summed E-state index contributed by atoms with van der Waals surface area (Å²) in [7, 11) is 0. The zero-order valence-electron chi connectivity index (χ0n) is 16.3. The lowest BCUT2D eigenvalue weighted by molar-refractivity contribution is -0.120. The van der Waals surface area contributed by atoms with Gasteiger partial charge in [-0.05, 0) is 55.3 Å². The van der Waals surface area contributed by atoms with E-state index in [0.29, 0.717) is 38.3 Å². The molecule has 0 radical (unpaired) electrons. The van der Waals surface area contributed by atoms with E-state index in [2.05, 4.69) is 15.8 Å². The molecule has 8 heteroatoms. The van der Waals surface area contributed by atoms with Crippen LogP contribution in [-0.4, -0.2) is 17.5 Å². The van der Waals surface area contributed by atoms with Crippen LogP contribution in [0.3, 0.4) is 0 Å². The lowest BCUT2D eigenvalue weighted by atomic mass is 10.1. The van der Waals surface area contributed by atoms with Crippen LogP contribution in [0.15, 0.2) is 64.3 Å². The number of amides is 2. The summed E-state index contributed by atoms with van der Waals surface area (Å²) < 4.78 is 5.16. The van der Waals surface area contributed by atoms with E-state index in [1.807, 2.05) is 6.07 Å².